The minimum absolute atomic E-state index is 0.100. The molecule has 3 aromatic rings. The van der Waals surface area contributed by atoms with Crippen molar-refractivity contribution in [3.05, 3.63) is 90.0 Å². The Bertz CT molecular complexity index is 1200. The third-order valence-corrected chi connectivity index (χ3v) is 6.14. The maximum atomic E-state index is 12.6. The van der Waals surface area contributed by atoms with Crippen LogP contribution in [0.1, 0.15) is 27.1 Å². The van der Waals surface area contributed by atoms with E-state index >= 15 is 0 Å². The van der Waals surface area contributed by atoms with Crippen molar-refractivity contribution in [2.45, 2.75) is 11.3 Å². The molecular formula is C24H25N3O5S. The van der Waals surface area contributed by atoms with Gasteiger partial charge >= 0.3 is 0 Å². The number of benzene rings is 3. The second-order valence-electron chi connectivity index (χ2n) is 7.12. The summed E-state index contributed by atoms with van der Waals surface area (Å²) in [4.78, 5) is 25.1. The molecule has 3 N–H and O–H groups in total. The van der Waals surface area contributed by atoms with E-state index in [0.717, 1.165) is 0 Å². The molecule has 172 valence electrons. The van der Waals surface area contributed by atoms with Gasteiger partial charge in [-0.1, -0.05) is 24.3 Å². The van der Waals surface area contributed by atoms with E-state index in [2.05, 4.69) is 15.4 Å². The van der Waals surface area contributed by atoms with Crippen LogP contribution in [0.5, 0.6) is 0 Å². The molecule has 3 aromatic carbocycles. The number of anilines is 2. The van der Waals surface area contributed by atoms with E-state index in [9.17, 15) is 18.0 Å². The highest BCUT2D eigenvalue weighted by molar-refractivity contribution is 7.89. The quantitative estimate of drug-likeness (QED) is 0.395. The van der Waals surface area contributed by atoms with Crippen molar-refractivity contribution in [2.75, 3.05) is 30.9 Å². The van der Waals surface area contributed by atoms with E-state index in [1.54, 1.807) is 55.6 Å². The van der Waals surface area contributed by atoms with Gasteiger partial charge in [0.2, 0.25) is 10.0 Å². The molecular weight excluding hydrogens is 442 g/mol. The molecule has 0 saturated heterocycles. The largest absolute Gasteiger partial charge is 0.385 e. The van der Waals surface area contributed by atoms with E-state index in [0.29, 0.717) is 35.5 Å². The summed E-state index contributed by atoms with van der Waals surface area (Å²) in [5, 5.41) is 5.49. The minimum atomic E-state index is -3.64. The summed E-state index contributed by atoms with van der Waals surface area (Å²) >= 11 is 0. The van der Waals surface area contributed by atoms with E-state index in [1.807, 2.05) is 6.07 Å². The predicted molar refractivity (Wildman–Crippen MR) is 127 cm³/mol. The lowest BCUT2D eigenvalue weighted by atomic mass is 10.1. The number of nitrogens with one attached hydrogen (secondary N) is 3. The number of carbonyl (C=O) groups excluding carboxylic acids is 2. The van der Waals surface area contributed by atoms with Crippen molar-refractivity contribution in [3.63, 3.8) is 0 Å². The number of methoxy groups -OCH3 is 1. The predicted octanol–water partition coefficient (Wildman–Crippen LogP) is 3.51. The Kier molecular flexibility index (Phi) is 8.31. The molecule has 0 aliphatic rings. The molecule has 9 heteroatoms. The first-order chi connectivity index (χ1) is 15.9. The Hall–Kier alpha value is -3.53. The molecule has 33 heavy (non-hydrogen) atoms. The van der Waals surface area contributed by atoms with Crippen molar-refractivity contribution in [3.8, 4) is 0 Å². The van der Waals surface area contributed by atoms with Gasteiger partial charge in [0.05, 0.1) is 4.90 Å². The van der Waals surface area contributed by atoms with Crippen molar-refractivity contribution >= 4 is 33.2 Å². The van der Waals surface area contributed by atoms with Crippen LogP contribution in [0.25, 0.3) is 0 Å². The molecule has 0 aliphatic carbocycles. The summed E-state index contributed by atoms with van der Waals surface area (Å²) in [7, 11) is -2.08. The smallest absolute Gasteiger partial charge is 0.255 e. The first-order valence-electron chi connectivity index (χ1n) is 10.3. The highest BCUT2D eigenvalue weighted by Gasteiger charge is 2.14. The van der Waals surface area contributed by atoms with Crippen molar-refractivity contribution in [2.24, 2.45) is 0 Å². The Morgan fingerprint density at radius 2 is 1.42 bits per heavy atom. The van der Waals surface area contributed by atoms with Crippen LogP contribution in [0.3, 0.4) is 0 Å². The van der Waals surface area contributed by atoms with Gasteiger partial charge in [0.25, 0.3) is 11.8 Å². The van der Waals surface area contributed by atoms with Gasteiger partial charge < -0.3 is 15.4 Å². The van der Waals surface area contributed by atoms with Crippen LogP contribution in [0.4, 0.5) is 11.4 Å². The van der Waals surface area contributed by atoms with Crippen LogP contribution in [0.2, 0.25) is 0 Å². The number of hydrogen-bond acceptors (Lipinski definition) is 5. The van der Waals surface area contributed by atoms with E-state index in [-0.39, 0.29) is 23.3 Å². The van der Waals surface area contributed by atoms with Crippen LogP contribution in [0, 0.1) is 0 Å². The van der Waals surface area contributed by atoms with Crippen molar-refractivity contribution < 1.29 is 22.7 Å². The average Bonchev–Trinajstić information content (AvgIpc) is 2.83. The number of ether oxygens (including phenoxy) is 1. The molecule has 2 amide bonds. The molecule has 0 aromatic heterocycles. The van der Waals surface area contributed by atoms with Gasteiger partial charge in [-0.15, -0.1) is 0 Å². The fourth-order valence-corrected chi connectivity index (χ4v) is 4.03. The molecule has 3 rings (SSSR count). The van der Waals surface area contributed by atoms with E-state index in [1.165, 1.54) is 24.3 Å². The zero-order chi connectivity index (χ0) is 23.7. The van der Waals surface area contributed by atoms with Crippen LogP contribution in [0.15, 0.2) is 83.8 Å². The summed E-state index contributed by atoms with van der Waals surface area (Å²) in [5.41, 5.74) is 1.78. The molecule has 0 saturated carbocycles. The maximum absolute atomic E-state index is 12.6. The summed E-state index contributed by atoms with van der Waals surface area (Å²) < 4.78 is 32.0. The molecule has 0 fully saturated rings. The normalized spacial score (nSPS) is 11.1. The van der Waals surface area contributed by atoms with Crippen molar-refractivity contribution in [1.82, 2.24) is 4.72 Å². The average molecular weight is 468 g/mol. The minimum Gasteiger partial charge on any atom is -0.385 e. The Morgan fingerprint density at radius 1 is 0.788 bits per heavy atom. The van der Waals surface area contributed by atoms with Crippen LogP contribution in [-0.2, 0) is 14.8 Å². The third-order valence-electron chi connectivity index (χ3n) is 4.66. The molecule has 8 nitrogen and oxygen atoms in total. The highest BCUT2D eigenvalue weighted by Crippen LogP contribution is 2.17. The molecule has 0 atom stereocenters. The highest BCUT2D eigenvalue weighted by atomic mass is 32.2. The topological polar surface area (TPSA) is 114 Å². The lowest BCUT2D eigenvalue weighted by Gasteiger charge is -2.10. The summed E-state index contributed by atoms with van der Waals surface area (Å²) in [6.07, 6.45) is 0.564. The summed E-state index contributed by atoms with van der Waals surface area (Å²) in [6, 6.07) is 21.2. The number of rotatable bonds is 10. The third kappa shape index (κ3) is 6.98. The zero-order valence-electron chi connectivity index (χ0n) is 18.1. The van der Waals surface area contributed by atoms with Gasteiger partial charge in [0.15, 0.2) is 0 Å². The standard InChI is InChI=1S/C24H25N3O5S/c1-32-16-6-15-25-33(30,31)22-13-11-20(12-14-22)26-24(29)19-9-5-10-21(17-19)27-23(28)18-7-3-2-4-8-18/h2-5,7-14,17,25H,6,15-16H2,1H3,(H,26,29)(H,27,28). The Labute approximate surface area is 193 Å². The second-order valence-corrected chi connectivity index (χ2v) is 8.89. The molecule has 0 aliphatic heterocycles. The number of hydrogen-bond donors (Lipinski definition) is 3. The summed E-state index contributed by atoms with van der Waals surface area (Å²) in [6.45, 7) is 0.733. The van der Waals surface area contributed by atoms with Gasteiger partial charge in [-0.05, 0) is 61.0 Å². The fourth-order valence-electron chi connectivity index (χ4n) is 2.96. The van der Waals surface area contributed by atoms with Crippen LogP contribution >= 0.6 is 0 Å². The monoisotopic (exact) mass is 467 g/mol. The van der Waals surface area contributed by atoms with E-state index in [4.69, 9.17) is 4.74 Å². The summed E-state index contributed by atoms with van der Waals surface area (Å²) in [5.74, 6) is -0.667. The zero-order valence-corrected chi connectivity index (χ0v) is 18.9. The Morgan fingerprint density at radius 3 is 2.12 bits per heavy atom. The second kappa shape index (κ2) is 11.4. The van der Waals surface area contributed by atoms with Crippen LogP contribution in [-0.4, -0.2) is 40.5 Å². The molecule has 0 heterocycles. The van der Waals surface area contributed by atoms with Gasteiger partial charge in [-0.3, -0.25) is 9.59 Å². The molecule has 0 bridgehead atoms. The lowest BCUT2D eigenvalue weighted by Crippen LogP contribution is -2.25. The van der Waals surface area contributed by atoms with Gasteiger partial charge in [-0.2, -0.15) is 0 Å². The first kappa shape index (κ1) is 24.1. The number of carbonyl (C=O) groups is 2. The Balaban J connectivity index is 1.62. The number of sulfonamides is 1. The molecule has 0 spiro atoms. The lowest BCUT2D eigenvalue weighted by molar-refractivity contribution is 0.101. The SMILES string of the molecule is COCCCNS(=O)(=O)c1ccc(NC(=O)c2cccc(NC(=O)c3ccccc3)c2)cc1. The first-order valence-corrected chi connectivity index (χ1v) is 11.7. The van der Waals surface area contributed by atoms with Gasteiger partial charge in [-0.25, -0.2) is 13.1 Å². The molecule has 0 unspecified atom stereocenters. The van der Waals surface area contributed by atoms with Gasteiger partial charge in [0, 0.05) is 42.8 Å². The van der Waals surface area contributed by atoms with Gasteiger partial charge in [0.1, 0.15) is 0 Å². The van der Waals surface area contributed by atoms with Crippen molar-refractivity contribution in [1.29, 1.82) is 0 Å². The maximum Gasteiger partial charge on any atom is 0.255 e. The number of amides is 2. The van der Waals surface area contributed by atoms with E-state index < -0.39 is 10.0 Å². The fraction of sp³-hybridized carbons (Fsp3) is 0.167. The van der Waals surface area contributed by atoms with Crippen LogP contribution < -0.4 is 15.4 Å². The molecule has 0 radical (unpaired) electrons.